The van der Waals surface area contributed by atoms with Gasteiger partial charge in [0.25, 0.3) is 0 Å². The van der Waals surface area contributed by atoms with E-state index < -0.39 is 0 Å². The molecule has 0 spiro atoms. The predicted molar refractivity (Wildman–Crippen MR) is 102 cm³/mol. The number of aliphatic hydroxyl groups is 1. The fourth-order valence-corrected chi connectivity index (χ4v) is 1.14. The Kier molecular flexibility index (Phi) is 39.6. The minimum absolute atomic E-state index is 0. The van der Waals surface area contributed by atoms with Gasteiger partial charge in [-0.2, -0.15) is 61.5 Å². The molecule has 26 heavy (non-hydrogen) atoms. The normalized spacial score (nSPS) is 6.85. The van der Waals surface area contributed by atoms with E-state index in [-0.39, 0.29) is 54.1 Å². The number of aliphatic hydroxyl groups excluding tert-OH is 1. The van der Waals surface area contributed by atoms with E-state index in [1.807, 2.05) is 91.0 Å². The molecule has 4 rings (SSSR count). The molecule has 0 amide bonds. The smallest absolute Gasteiger partial charge is 0 e. The van der Waals surface area contributed by atoms with Gasteiger partial charge in [0.2, 0.25) is 0 Å². The predicted octanol–water partition coefficient (Wildman–Crippen LogP) is 5.81. The van der Waals surface area contributed by atoms with Crippen LogP contribution in [0.15, 0.2) is 97.1 Å². The Bertz CT molecular complexity index is 364. The van der Waals surface area contributed by atoms with Crippen LogP contribution in [-0.2, 0) is 46.6 Å². The topological polar surface area (TPSA) is 20.2 Å². The van der Waals surface area contributed by atoms with E-state index in [4.69, 9.17) is 5.11 Å². The summed E-state index contributed by atoms with van der Waals surface area (Å²) in [6, 6.07) is 42.0. The Hall–Kier alpha value is -1.09. The molecule has 4 aromatic carbocycles. The van der Waals surface area contributed by atoms with Crippen LogP contribution in [0.25, 0.3) is 0 Å². The third kappa shape index (κ3) is 30.8. The third-order valence-corrected chi connectivity index (χ3v) is 2.02. The van der Waals surface area contributed by atoms with Gasteiger partial charge in [-0.25, -0.2) is 43.0 Å². The summed E-state index contributed by atoms with van der Waals surface area (Å²) < 4.78 is 0. The first-order valence-corrected chi connectivity index (χ1v) is 7.16. The molecule has 0 saturated carbocycles. The number of hydrogen-bond donors (Lipinski definition) is 1. The summed E-state index contributed by atoms with van der Waals surface area (Å²) in [5, 5.41) is 7.44. The summed E-state index contributed by atoms with van der Waals surface area (Å²) in [6.07, 6.45) is 0. The SMILES string of the molecule is C[CH-]O.[CH3-].[Re].[Zr].[c-]1[c-][c-][cH-][c-]1.c1cc[cH-]c1.c1cc[cH-]c1.c1cc[cH-]c1. The van der Waals surface area contributed by atoms with Gasteiger partial charge < -0.3 is 42.9 Å². The van der Waals surface area contributed by atoms with E-state index in [0.717, 1.165) is 6.61 Å². The molecule has 143 valence electrons. The van der Waals surface area contributed by atoms with Crippen molar-refractivity contribution in [3.05, 3.63) is 135 Å². The molecule has 0 fully saturated rings. The fourth-order valence-electron chi connectivity index (χ4n) is 1.14. The summed E-state index contributed by atoms with van der Waals surface area (Å²) in [7, 11) is 0. The average Bonchev–Trinajstić information content (AvgIpc) is 3.47. The molecule has 0 bridgehead atoms. The molecular weight excluding hydrogens is 570 g/mol. The van der Waals surface area contributed by atoms with E-state index >= 15 is 0 Å². The zero-order chi connectivity index (χ0) is 16.8. The molecule has 0 aliphatic carbocycles. The van der Waals surface area contributed by atoms with Gasteiger partial charge >= 0.3 is 0 Å². The van der Waals surface area contributed by atoms with E-state index in [0.29, 0.717) is 0 Å². The van der Waals surface area contributed by atoms with Gasteiger partial charge in [-0.1, -0.05) is 0 Å². The van der Waals surface area contributed by atoms with Crippen molar-refractivity contribution in [2.24, 2.45) is 0 Å². The Morgan fingerprint density at radius 1 is 0.692 bits per heavy atom. The van der Waals surface area contributed by atoms with Crippen LogP contribution in [0.1, 0.15) is 6.92 Å². The molecule has 0 aliphatic heterocycles. The molecule has 0 heterocycles. The maximum absolute atomic E-state index is 7.44. The van der Waals surface area contributed by atoms with Crippen molar-refractivity contribution in [2.45, 2.75) is 6.92 Å². The van der Waals surface area contributed by atoms with Crippen LogP contribution in [0.4, 0.5) is 0 Å². The van der Waals surface area contributed by atoms with E-state index in [1.165, 1.54) is 0 Å². The molecule has 1 radical (unpaired) electrons. The Labute approximate surface area is 193 Å². The Balaban J connectivity index is -0.000000114. The Morgan fingerprint density at radius 3 is 1.00 bits per heavy atom. The first-order chi connectivity index (χ1) is 11.4. The van der Waals surface area contributed by atoms with Crippen LogP contribution >= 0.6 is 0 Å². The zero-order valence-corrected chi connectivity index (χ0v) is 20.3. The zero-order valence-electron chi connectivity index (χ0n) is 15.1. The Morgan fingerprint density at radius 2 is 0.923 bits per heavy atom. The van der Waals surface area contributed by atoms with E-state index in [1.54, 1.807) is 13.0 Å². The summed E-state index contributed by atoms with van der Waals surface area (Å²) in [5.74, 6) is 0. The van der Waals surface area contributed by atoms with Crippen molar-refractivity contribution in [3.8, 4) is 0 Å². The molecule has 1 N–H and O–H groups in total. The van der Waals surface area contributed by atoms with Crippen LogP contribution < -0.4 is 0 Å². The number of rotatable bonds is 0. The molecule has 0 aliphatic rings. The van der Waals surface area contributed by atoms with Gasteiger partial charge in [0.15, 0.2) is 0 Å². The van der Waals surface area contributed by atoms with E-state index in [9.17, 15) is 0 Å². The second-order valence-electron chi connectivity index (χ2n) is 3.83. The fraction of sp³-hybridized carbons (Fsp3) is 0.0435. The molecule has 0 atom stereocenters. The van der Waals surface area contributed by atoms with Crippen molar-refractivity contribution < 1.29 is 51.7 Å². The summed E-state index contributed by atoms with van der Waals surface area (Å²) in [5.41, 5.74) is 0. The molecule has 4 aromatic rings. The third-order valence-electron chi connectivity index (χ3n) is 2.02. The average molecular weight is 594 g/mol. The van der Waals surface area contributed by atoms with Crippen molar-refractivity contribution in [3.63, 3.8) is 0 Å². The van der Waals surface area contributed by atoms with Crippen molar-refractivity contribution in [2.75, 3.05) is 0 Å². The van der Waals surface area contributed by atoms with Gasteiger partial charge in [-0.3, -0.25) is 0 Å². The second-order valence-corrected chi connectivity index (χ2v) is 3.83. The molecule has 0 saturated heterocycles. The minimum atomic E-state index is 0. The summed E-state index contributed by atoms with van der Waals surface area (Å²) in [6.45, 7) is 2.56. The standard InChI is InChI=1S/3C5H5.C5H.C2H5O.CH3.Re.Zr/c4*1-2-4-5-3-1;1-2-3;;;/h3*1-5H;1H;2-3H,1H3;1H3;;/q3*-1;-5;2*-1;;. The van der Waals surface area contributed by atoms with Gasteiger partial charge in [0.05, 0.1) is 0 Å². The second kappa shape index (κ2) is 31.7. The van der Waals surface area contributed by atoms with Gasteiger partial charge in [-0.15, -0.1) is 0 Å². The molecule has 3 heteroatoms. The van der Waals surface area contributed by atoms with E-state index in [2.05, 4.69) is 24.3 Å². The summed E-state index contributed by atoms with van der Waals surface area (Å²) in [4.78, 5) is 0. The first-order valence-electron chi connectivity index (χ1n) is 7.16. The minimum Gasteiger partial charge on any atom is -0.999 e. The van der Waals surface area contributed by atoms with Crippen molar-refractivity contribution in [1.29, 1.82) is 0 Å². The van der Waals surface area contributed by atoms with Crippen molar-refractivity contribution >= 4 is 0 Å². The van der Waals surface area contributed by atoms with Crippen LogP contribution in [-0.4, -0.2) is 5.11 Å². The quantitative estimate of drug-likeness (QED) is 0.255. The van der Waals surface area contributed by atoms with Crippen LogP contribution in [0, 0.1) is 38.3 Å². The van der Waals surface area contributed by atoms with Crippen LogP contribution in [0.5, 0.6) is 0 Å². The van der Waals surface area contributed by atoms with Gasteiger partial charge in [0, 0.05) is 46.6 Å². The van der Waals surface area contributed by atoms with Crippen LogP contribution in [0.2, 0.25) is 0 Å². The molecular formula is C23H24OReZr-10. The van der Waals surface area contributed by atoms with Gasteiger partial charge in [0.1, 0.15) is 0 Å². The number of hydrogen-bond acceptors (Lipinski definition) is 1. The molecule has 1 nitrogen and oxygen atoms in total. The monoisotopic (exact) mass is 593 g/mol. The molecule has 0 unspecified atom stereocenters. The van der Waals surface area contributed by atoms with Crippen LogP contribution in [0.3, 0.4) is 0 Å². The summed E-state index contributed by atoms with van der Waals surface area (Å²) >= 11 is 0. The maximum Gasteiger partial charge on any atom is 0 e. The largest absolute Gasteiger partial charge is 0.999 e. The maximum atomic E-state index is 7.44. The molecule has 0 aromatic heterocycles. The van der Waals surface area contributed by atoms with Crippen molar-refractivity contribution in [1.82, 2.24) is 0 Å². The van der Waals surface area contributed by atoms with Gasteiger partial charge in [-0.05, 0) is 0 Å². The first kappa shape index (κ1) is 32.6.